The van der Waals surface area contributed by atoms with Crippen molar-refractivity contribution in [3.8, 4) is 0 Å². The van der Waals surface area contributed by atoms with E-state index in [0.717, 1.165) is 44.8 Å². The Kier molecular flexibility index (Phi) is 4.34. The summed E-state index contributed by atoms with van der Waals surface area (Å²) in [6.45, 7) is 8.55. The Labute approximate surface area is 125 Å². The van der Waals surface area contributed by atoms with Crippen LogP contribution >= 0.6 is 0 Å². The van der Waals surface area contributed by atoms with Crippen LogP contribution in [0, 0.1) is 0 Å². The van der Waals surface area contributed by atoms with E-state index in [2.05, 4.69) is 39.1 Å². The predicted molar refractivity (Wildman–Crippen MR) is 83.7 cm³/mol. The van der Waals surface area contributed by atoms with E-state index in [9.17, 15) is 0 Å². The van der Waals surface area contributed by atoms with Crippen molar-refractivity contribution in [2.45, 2.75) is 39.5 Å². The molecule has 0 spiro atoms. The fraction of sp³-hybridized carbons (Fsp3) is 0.667. The number of hydrogen-bond acceptors (Lipinski definition) is 5. The molecule has 0 bridgehead atoms. The molecule has 0 aliphatic heterocycles. The van der Waals surface area contributed by atoms with E-state index in [-0.39, 0.29) is 0 Å². The minimum absolute atomic E-state index is 0.709. The molecular formula is C15H24N6. The van der Waals surface area contributed by atoms with E-state index in [1.54, 1.807) is 6.33 Å². The minimum Gasteiger partial charge on any atom is -0.368 e. The third-order valence-electron chi connectivity index (χ3n) is 4.32. The van der Waals surface area contributed by atoms with Crippen LogP contribution in [-0.2, 0) is 12.8 Å². The number of nitrogens with zero attached hydrogens (tertiary/aromatic N) is 5. The lowest BCUT2D eigenvalue weighted by Crippen LogP contribution is -2.29. The van der Waals surface area contributed by atoms with Crippen LogP contribution in [0.4, 0.5) is 5.82 Å². The summed E-state index contributed by atoms with van der Waals surface area (Å²) in [6, 6.07) is 0. The van der Waals surface area contributed by atoms with Gasteiger partial charge in [-0.3, -0.25) is 0 Å². The molecule has 114 valence electrons. The summed E-state index contributed by atoms with van der Waals surface area (Å²) < 4.78 is 1.85. The summed E-state index contributed by atoms with van der Waals surface area (Å²) in [5.74, 6) is 1.81. The lowest BCUT2D eigenvalue weighted by molar-refractivity contribution is 0.316. The van der Waals surface area contributed by atoms with Gasteiger partial charge in [-0.2, -0.15) is 14.6 Å². The first-order chi connectivity index (χ1) is 10.3. The highest BCUT2D eigenvalue weighted by Crippen LogP contribution is 2.26. The zero-order valence-electron chi connectivity index (χ0n) is 13.0. The third kappa shape index (κ3) is 2.85. The van der Waals surface area contributed by atoms with E-state index in [4.69, 9.17) is 0 Å². The summed E-state index contributed by atoms with van der Waals surface area (Å²) >= 11 is 0. The van der Waals surface area contributed by atoms with Gasteiger partial charge in [-0.1, -0.05) is 13.8 Å². The first kappa shape index (κ1) is 14.3. The summed E-state index contributed by atoms with van der Waals surface area (Å²) in [6.07, 6.45) is 6.20. The lowest BCUT2D eigenvalue weighted by Gasteiger charge is -2.22. The number of rotatable bonds is 6. The second kappa shape index (κ2) is 6.39. The first-order valence-corrected chi connectivity index (χ1v) is 8.01. The highest BCUT2D eigenvalue weighted by molar-refractivity contribution is 5.53. The Bertz CT molecular complexity index is 601. The smallest absolute Gasteiger partial charge is 0.254 e. The molecule has 21 heavy (non-hydrogen) atoms. The van der Waals surface area contributed by atoms with Crippen molar-refractivity contribution in [3.05, 3.63) is 17.6 Å². The van der Waals surface area contributed by atoms with Gasteiger partial charge in [0.25, 0.3) is 5.78 Å². The summed E-state index contributed by atoms with van der Waals surface area (Å²) in [5.41, 5.74) is 2.53. The molecule has 0 saturated heterocycles. The zero-order valence-corrected chi connectivity index (χ0v) is 13.0. The molecule has 0 atom stereocenters. The van der Waals surface area contributed by atoms with Crippen LogP contribution in [0.5, 0.6) is 0 Å². The molecule has 0 amide bonds. The van der Waals surface area contributed by atoms with Gasteiger partial charge in [0.1, 0.15) is 12.1 Å². The van der Waals surface area contributed by atoms with Crippen LogP contribution in [0.2, 0.25) is 0 Å². The first-order valence-electron chi connectivity index (χ1n) is 8.01. The number of hydrogen-bond donors (Lipinski definition) is 1. The maximum atomic E-state index is 4.65. The van der Waals surface area contributed by atoms with Gasteiger partial charge in [-0.05, 0) is 38.8 Å². The number of fused-ring (bicyclic) bond motifs is 2. The average Bonchev–Trinajstić information content (AvgIpc) is 2.98. The van der Waals surface area contributed by atoms with Crippen molar-refractivity contribution in [1.82, 2.24) is 24.5 Å². The zero-order chi connectivity index (χ0) is 14.7. The maximum Gasteiger partial charge on any atom is 0.254 e. The van der Waals surface area contributed by atoms with Gasteiger partial charge in [0, 0.05) is 18.7 Å². The Morgan fingerprint density at radius 3 is 2.86 bits per heavy atom. The van der Waals surface area contributed by atoms with E-state index in [0.29, 0.717) is 5.78 Å². The fourth-order valence-corrected chi connectivity index (χ4v) is 3.04. The number of nitrogens with one attached hydrogen (secondary N) is 1. The van der Waals surface area contributed by atoms with Crippen LogP contribution in [0.1, 0.15) is 37.9 Å². The van der Waals surface area contributed by atoms with Gasteiger partial charge in [-0.25, -0.2) is 4.98 Å². The van der Waals surface area contributed by atoms with Crippen molar-refractivity contribution in [2.24, 2.45) is 0 Å². The van der Waals surface area contributed by atoms with Gasteiger partial charge in [0.2, 0.25) is 0 Å². The molecule has 0 aromatic carbocycles. The van der Waals surface area contributed by atoms with E-state index in [1.807, 2.05) is 4.52 Å². The molecule has 1 N–H and O–H groups in total. The largest absolute Gasteiger partial charge is 0.368 e. The molecule has 0 saturated carbocycles. The summed E-state index contributed by atoms with van der Waals surface area (Å²) in [7, 11) is 0. The highest BCUT2D eigenvalue weighted by Gasteiger charge is 2.19. The van der Waals surface area contributed by atoms with E-state index in [1.165, 1.54) is 24.1 Å². The number of likely N-dealkylation sites (N-methyl/N-ethyl adjacent to an activating group) is 1. The number of aromatic nitrogens is 4. The lowest BCUT2D eigenvalue weighted by atomic mass is 9.96. The number of anilines is 1. The third-order valence-corrected chi connectivity index (χ3v) is 4.32. The molecule has 2 aromatic heterocycles. The molecule has 6 heteroatoms. The molecule has 2 heterocycles. The Morgan fingerprint density at radius 1 is 1.24 bits per heavy atom. The van der Waals surface area contributed by atoms with Crippen molar-refractivity contribution in [2.75, 3.05) is 31.5 Å². The Balaban J connectivity index is 1.84. The van der Waals surface area contributed by atoms with Gasteiger partial charge in [0.15, 0.2) is 0 Å². The van der Waals surface area contributed by atoms with Crippen molar-refractivity contribution in [1.29, 1.82) is 0 Å². The second-order valence-corrected chi connectivity index (χ2v) is 5.52. The van der Waals surface area contributed by atoms with E-state index >= 15 is 0 Å². The monoisotopic (exact) mass is 288 g/mol. The molecule has 3 rings (SSSR count). The van der Waals surface area contributed by atoms with Crippen molar-refractivity contribution in [3.63, 3.8) is 0 Å². The summed E-state index contributed by atoms with van der Waals surface area (Å²) in [5, 5.41) is 7.91. The molecule has 1 aliphatic carbocycles. The normalized spacial score (nSPS) is 14.6. The van der Waals surface area contributed by atoms with Gasteiger partial charge in [-0.15, -0.1) is 0 Å². The molecule has 2 aromatic rings. The van der Waals surface area contributed by atoms with Crippen molar-refractivity contribution < 1.29 is 0 Å². The molecule has 0 unspecified atom stereocenters. The van der Waals surface area contributed by atoms with Gasteiger partial charge < -0.3 is 10.2 Å². The van der Waals surface area contributed by atoms with Crippen molar-refractivity contribution >= 4 is 11.6 Å². The van der Waals surface area contributed by atoms with Crippen LogP contribution in [-0.4, -0.2) is 50.7 Å². The molecule has 0 radical (unpaired) electrons. The Morgan fingerprint density at radius 2 is 2.05 bits per heavy atom. The number of aryl methyl sites for hydroxylation is 1. The SMILES string of the molecule is CCN(CC)CCNc1c2c(nc3ncnn13)CCCC2. The average molecular weight is 288 g/mol. The predicted octanol–water partition coefficient (Wildman–Crippen LogP) is 1.76. The summed E-state index contributed by atoms with van der Waals surface area (Å²) in [4.78, 5) is 11.3. The fourth-order valence-electron chi connectivity index (χ4n) is 3.04. The van der Waals surface area contributed by atoms with Crippen LogP contribution in [0.25, 0.3) is 5.78 Å². The van der Waals surface area contributed by atoms with Gasteiger partial charge >= 0.3 is 0 Å². The quantitative estimate of drug-likeness (QED) is 0.877. The standard InChI is InChI=1S/C15H24N6/c1-3-20(4-2)10-9-16-14-12-7-5-6-8-13(12)19-15-17-11-18-21(14)15/h11,16H,3-10H2,1-2H3. The molecule has 0 fully saturated rings. The second-order valence-electron chi connectivity index (χ2n) is 5.52. The molecule has 1 aliphatic rings. The van der Waals surface area contributed by atoms with Crippen LogP contribution in [0.15, 0.2) is 6.33 Å². The molecular weight excluding hydrogens is 264 g/mol. The van der Waals surface area contributed by atoms with Crippen LogP contribution < -0.4 is 5.32 Å². The molecule has 6 nitrogen and oxygen atoms in total. The maximum absolute atomic E-state index is 4.65. The highest BCUT2D eigenvalue weighted by atomic mass is 15.4. The topological polar surface area (TPSA) is 58.3 Å². The minimum atomic E-state index is 0.709. The van der Waals surface area contributed by atoms with Gasteiger partial charge in [0.05, 0.1) is 5.69 Å². The van der Waals surface area contributed by atoms with Crippen LogP contribution in [0.3, 0.4) is 0 Å². The Hall–Kier alpha value is -1.69. The van der Waals surface area contributed by atoms with E-state index < -0.39 is 0 Å².